The summed E-state index contributed by atoms with van der Waals surface area (Å²) in [5.74, 6) is 0.928. The monoisotopic (exact) mass is 309 g/mol. The van der Waals surface area contributed by atoms with Gasteiger partial charge in [0.05, 0.1) is 11.5 Å². The van der Waals surface area contributed by atoms with Gasteiger partial charge in [0.2, 0.25) is 10.0 Å². The van der Waals surface area contributed by atoms with E-state index in [0.717, 1.165) is 12.2 Å². The van der Waals surface area contributed by atoms with E-state index in [9.17, 15) is 8.42 Å². The first-order valence-corrected chi connectivity index (χ1v) is 9.30. The molecule has 18 heavy (non-hydrogen) atoms. The SMILES string of the molecule is CSCCC(C)N(C)S(=O)(=O)c1ccsc1CO. The average Bonchev–Trinajstić information content (AvgIpc) is 2.83. The van der Waals surface area contributed by atoms with Crippen LogP contribution in [0.25, 0.3) is 0 Å². The fourth-order valence-electron chi connectivity index (χ4n) is 1.54. The van der Waals surface area contributed by atoms with E-state index in [1.807, 2.05) is 13.2 Å². The first-order chi connectivity index (χ1) is 8.45. The Kier molecular flexibility index (Phi) is 6.13. The third-order valence-corrected chi connectivity index (χ3v) is 6.60. The lowest BCUT2D eigenvalue weighted by Crippen LogP contribution is -2.35. The Morgan fingerprint density at radius 3 is 2.78 bits per heavy atom. The smallest absolute Gasteiger partial charge is 0.244 e. The predicted molar refractivity (Wildman–Crippen MR) is 77.7 cm³/mol. The molecule has 0 aliphatic carbocycles. The lowest BCUT2D eigenvalue weighted by molar-refractivity contribution is 0.282. The van der Waals surface area contributed by atoms with Crippen LogP contribution in [0.4, 0.5) is 0 Å². The zero-order valence-electron chi connectivity index (χ0n) is 10.8. The van der Waals surface area contributed by atoms with Crippen LogP contribution in [-0.4, -0.2) is 42.9 Å². The van der Waals surface area contributed by atoms with E-state index < -0.39 is 10.0 Å². The molecule has 1 N–H and O–H groups in total. The summed E-state index contributed by atoms with van der Waals surface area (Å²) in [6.45, 7) is 1.66. The van der Waals surface area contributed by atoms with Crippen molar-refractivity contribution >= 4 is 33.1 Å². The highest BCUT2D eigenvalue weighted by Gasteiger charge is 2.27. The minimum Gasteiger partial charge on any atom is -0.391 e. The molecular weight excluding hydrogens is 290 g/mol. The number of nitrogens with zero attached hydrogens (tertiary/aromatic N) is 1. The summed E-state index contributed by atoms with van der Waals surface area (Å²) in [4.78, 5) is 0.729. The van der Waals surface area contributed by atoms with Crippen LogP contribution in [0.1, 0.15) is 18.2 Å². The van der Waals surface area contributed by atoms with Crippen LogP contribution in [0.5, 0.6) is 0 Å². The van der Waals surface area contributed by atoms with Crippen molar-refractivity contribution in [3.63, 3.8) is 0 Å². The van der Waals surface area contributed by atoms with E-state index >= 15 is 0 Å². The average molecular weight is 309 g/mol. The molecule has 1 aromatic heterocycles. The Balaban J connectivity index is 2.92. The van der Waals surface area contributed by atoms with Gasteiger partial charge in [-0.2, -0.15) is 16.1 Å². The van der Waals surface area contributed by atoms with Crippen LogP contribution in [-0.2, 0) is 16.6 Å². The molecule has 1 rings (SSSR count). The van der Waals surface area contributed by atoms with Crippen molar-refractivity contribution in [3.05, 3.63) is 16.3 Å². The molecule has 1 heterocycles. The number of hydrogen-bond donors (Lipinski definition) is 1. The van der Waals surface area contributed by atoms with Gasteiger partial charge in [-0.1, -0.05) is 0 Å². The van der Waals surface area contributed by atoms with Crippen LogP contribution >= 0.6 is 23.1 Å². The number of rotatable bonds is 7. The van der Waals surface area contributed by atoms with Crippen LogP contribution in [0, 0.1) is 0 Å². The first-order valence-electron chi connectivity index (χ1n) is 5.59. The maximum absolute atomic E-state index is 12.4. The third-order valence-electron chi connectivity index (χ3n) is 2.87. The summed E-state index contributed by atoms with van der Waals surface area (Å²) >= 11 is 2.97. The molecule has 0 aliphatic heterocycles. The maximum atomic E-state index is 12.4. The molecule has 104 valence electrons. The quantitative estimate of drug-likeness (QED) is 0.837. The molecule has 0 aliphatic rings. The van der Waals surface area contributed by atoms with Gasteiger partial charge in [-0.05, 0) is 36.8 Å². The van der Waals surface area contributed by atoms with Crippen molar-refractivity contribution in [2.24, 2.45) is 0 Å². The van der Waals surface area contributed by atoms with E-state index in [1.165, 1.54) is 15.6 Å². The highest BCUT2D eigenvalue weighted by Crippen LogP contribution is 2.26. The molecule has 1 unspecified atom stereocenters. The number of thiophene rings is 1. The zero-order chi connectivity index (χ0) is 13.8. The molecule has 0 saturated carbocycles. The normalized spacial score (nSPS) is 14.1. The predicted octanol–water partition coefficient (Wildman–Crippen LogP) is 2.00. The zero-order valence-corrected chi connectivity index (χ0v) is 13.2. The molecule has 0 spiro atoms. The second-order valence-corrected chi connectivity index (χ2v) is 7.97. The van der Waals surface area contributed by atoms with Gasteiger partial charge in [0, 0.05) is 18.0 Å². The van der Waals surface area contributed by atoms with Gasteiger partial charge in [-0.15, -0.1) is 11.3 Å². The van der Waals surface area contributed by atoms with Crippen LogP contribution < -0.4 is 0 Å². The summed E-state index contributed by atoms with van der Waals surface area (Å²) in [5, 5.41) is 10.8. The summed E-state index contributed by atoms with van der Waals surface area (Å²) in [6.07, 6.45) is 2.82. The summed E-state index contributed by atoms with van der Waals surface area (Å²) < 4.78 is 26.2. The fourth-order valence-corrected chi connectivity index (χ4v) is 4.77. The van der Waals surface area contributed by atoms with Gasteiger partial charge >= 0.3 is 0 Å². The molecule has 1 atom stereocenters. The van der Waals surface area contributed by atoms with E-state index in [-0.39, 0.29) is 17.5 Å². The van der Waals surface area contributed by atoms with Crippen LogP contribution in [0.15, 0.2) is 16.3 Å². The fraction of sp³-hybridized carbons (Fsp3) is 0.636. The van der Waals surface area contributed by atoms with Gasteiger partial charge in [-0.3, -0.25) is 0 Å². The Labute approximate surface area is 117 Å². The number of hydrogen-bond acceptors (Lipinski definition) is 5. The van der Waals surface area contributed by atoms with Crippen molar-refractivity contribution in [2.45, 2.75) is 30.9 Å². The highest BCUT2D eigenvalue weighted by molar-refractivity contribution is 7.98. The third kappa shape index (κ3) is 3.48. The Morgan fingerprint density at radius 2 is 2.22 bits per heavy atom. The van der Waals surface area contributed by atoms with Crippen LogP contribution in [0.3, 0.4) is 0 Å². The second kappa shape index (κ2) is 6.91. The minimum atomic E-state index is -3.49. The van der Waals surface area contributed by atoms with Crippen molar-refractivity contribution < 1.29 is 13.5 Å². The number of thioether (sulfide) groups is 1. The molecule has 7 heteroatoms. The molecule has 1 aromatic rings. The van der Waals surface area contributed by atoms with Crippen molar-refractivity contribution in [1.82, 2.24) is 4.31 Å². The number of aliphatic hydroxyl groups excluding tert-OH is 1. The molecule has 4 nitrogen and oxygen atoms in total. The molecule has 0 bridgehead atoms. The van der Waals surface area contributed by atoms with Crippen LogP contribution in [0.2, 0.25) is 0 Å². The van der Waals surface area contributed by atoms with Crippen molar-refractivity contribution in [2.75, 3.05) is 19.1 Å². The summed E-state index contributed by atoms with van der Waals surface area (Å²) in [7, 11) is -1.90. The Morgan fingerprint density at radius 1 is 1.56 bits per heavy atom. The van der Waals surface area contributed by atoms with Crippen molar-refractivity contribution in [3.8, 4) is 0 Å². The van der Waals surface area contributed by atoms with Gasteiger partial charge in [0.25, 0.3) is 0 Å². The lowest BCUT2D eigenvalue weighted by atomic mass is 10.3. The lowest BCUT2D eigenvalue weighted by Gasteiger charge is -2.24. The molecule has 0 radical (unpaired) electrons. The Bertz CT molecular complexity index is 470. The minimum absolute atomic E-state index is 0.0473. The molecule has 0 saturated heterocycles. The van der Waals surface area contributed by atoms with Crippen molar-refractivity contribution in [1.29, 1.82) is 0 Å². The summed E-state index contributed by atoms with van der Waals surface area (Å²) in [5.41, 5.74) is 0. The Hall–Kier alpha value is -0.0800. The molecular formula is C11H19NO3S3. The molecule has 0 amide bonds. The summed E-state index contributed by atoms with van der Waals surface area (Å²) in [6, 6.07) is 1.51. The van der Waals surface area contributed by atoms with Gasteiger partial charge in [-0.25, -0.2) is 8.42 Å². The molecule has 0 fully saturated rings. The van der Waals surface area contributed by atoms with E-state index in [2.05, 4.69) is 0 Å². The number of sulfonamides is 1. The van der Waals surface area contributed by atoms with E-state index in [0.29, 0.717) is 4.88 Å². The van der Waals surface area contributed by atoms with Gasteiger partial charge in [0.15, 0.2) is 0 Å². The van der Waals surface area contributed by atoms with E-state index in [1.54, 1.807) is 30.3 Å². The van der Waals surface area contributed by atoms with E-state index in [4.69, 9.17) is 5.11 Å². The van der Waals surface area contributed by atoms with Gasteiger partial charge in [0.1, 0.15) is 0 Å². The topological polar surface area (TPSA) is 57.6 Å². The molecule has 0 aromatic carbocycles. The second-order valence-electron chi connectivity index (χ2n) is 4.02. The highest BCUT2D eigenvalue weighted by atomic mass is 32.2. The largest absolute Gasteiger partial charge is 0.391 e. The number of aliphatic hydroxyl groups is 1. The van der Waals surface area contributed by atoms with Gasteiger partial charge < -0.3 is 5.11 Å². The first kappa shape index (κ1) is 16.0. The maximum Gasteiger partial charge on any atom is 0.244 e. The standard InChI is InChI=1S/C11H19NO3S3/c1-9(4-6-16-3)12(2)18(14,15)11-5-7-17-10(11)8-13/h5,7,9,13H,4,6,8H2,1-3H3.